The van der Waals surface area contributed by atoms with Gasteiger partial charge in [-0.2, -0.15) is 0 Å². The molecule has 0 unspecified atom stereocenters. The van der Waals surface area contributed by atoms with Crippen molar-refractivity contribution in [2.45, 2.75) is 45.1 Å². The van der Waals surface area contributed by atoms with Gasteiger partial charge in [-0.1, -0.05) is 57.2 Å². The first-order valence-electron chi connectivity index (χ1n) is 7.23. The van der Waals surface area contributed by atoms with Crippen LogP contribution in [0.1, 0.15) is 54.4 Å². The van der Waals surface area contributed by atoms with E-state index >= 15 is 0 Å². The molecule has 0 aromatic heterocycles. The smallest absolute Gasteiger partial charge is 0.335 e. The van der Waals surface area contributed by atoms with Crippen LogP contribution in [0, 0.1) is 0 Å². The number of hydrogen-bond donors (Lipinski definition) is 2. The van der Waals surface area contributed by atoms with Gasteiger partial charge >= 0.3 is 5.97 Å². The minimum absolute atomic E-state index is 0.280. The van der Waals surface area contributed by atoms with Gasteiger partial charge in [0.15, 0.2) is 0 Å². The van der Waals surface area contributed by atoms with Crippen molar-refractivity contribution in [1.29, 1.82) is 0 Å². The van der Waals surface area contributed by atoms with Gasteiger partial charge in [0.2, 0.25) is 0 Å². The molecule has 4 heteroatoms. The van der Waals surface area contributed by atoms with E-state index in [0.29, 0.717) is 6.61 Å². The number of benzene rings is 1. The molecule has 4 nitrogen and oxygen atoms in total. The van der Waals surface area contributed by atoms with Gasteiger partial charge in [0, 0.05) is 7.11 Å². The second kappa shape index (κ2) is 13.2. The van der Waals surface area contributed by atoms with Crippen LogP contribution in [-0.4, -0.2) is 23.3 Å². The monoisotopic (exact) mass is 294 g/mol. The van der Waals surface area contributed by atoms with Gasteiger partial charge in [-0.25, -0.2) is 4.79 Å². The second-order valence-corrected chi connectivity index (χ2v) is 4.60. The van der Waals surface area contributed by atoms with Crippen LogP contribution >= 0.6 is 0 Å². The Morgan fingerprint density at radius 3 is 1.86 bits per heavy atom. The molecule has 0 amide bonds. The molecule has 0 bridgehead atoms. The van der Waals surface area contributed by atoms with E-state index in [2.05, 4.69) is 6.58 Å². The van der Waals surface area contributed by atoms with E-state index in [1.807, 2.05) is 0 Å². The summed E-state index contributed by atoms with van der Waals surface area (Å²) in [5.41, 5.74) is 1.20. The Labute approximate surface area is 127 Å². The Kier molecular flexibility index (Phi) is 12.0. The van der Waals surface area contributed by atoms with Gasteiger partial charge in [0.1, 0.15) is 6.61 Å². The van der Waals surface area contributed by atoms with Crippen LogP contribution in [0.4, 0.5) is 0 Å². The predicted octanol–water partition coefficient (Wildman–Crippen LogP) is 3.99. The van der Waals surface area contributed by atoms with Crippen LogP contribution in [0.5, 0.6) is 0 Å². The molecular weight excluding hydrogens is 268 g/mol. The largest absolute Gasteiger partial charge is 0.497 e. The van der Waals surface area contributed by atoms with Crippen molar-refractivity contribution in [3.05, 3.63) is 48.2 Å². The minimum Gasteiger partial charge on any atom is -0.497 e. The van der Waals surface area contributed by atoms with Crippen molar-refractivity contribution in [2.24, 2.45) is 0 Å². The number of rotatable bonds is 4. The molecule has 118 valence electrons. The summed E-state index contributed by atoms with van der Waals surface area (Å²) in [6.07, 6.45) is 10.4. The van der Waals surface area contributed by atoms with Gasteiger partial charge in [0.05, 0.1) is 11.8 Å². The highest BCUT2D eigenvalue weighted by Gasteiger charge is 2.00. The summed E-state index contributed by atoms with van der Waals surface area (Å²) in [5, 5.41) is 15.6. The van der Waals surface area contributed by atoms with E-state index in [1.165, 1.54) is 44.8 Å². The number of carbonyl (C=O) groups is 1. The molecule has 2 rings (SSSR count). The average Bonchev–Trinajstić information content (AvgIpc) is 2.57. The maximum absolute atomic E-state index is 10.5. The van der Waals surface area contributed by atoms with E-state index in [-0.39, 0.29) is 5.56 Å². The molecule has 1 aromatic rings. The van der Waals surface area contributed by atoms with Crippen LogP contribution in [0.25, 0.3) is 0 Å². The number of aliphatic hydroxyl groups excluding tert-OH is 1. The van der Waals surface area contributed by atoms with E-state index in [1.54, 1.807) is 24.3 Å². The first-order chi connectivity index (χ1) is 10.2. The first kappa shape index (κ1) is 19.2. The molecule has 0 saturated heterocycles. The standard InChI is InChI=1S/C10H10O3.C6H12.CH4O/c1-2-13-7-8-3-5-9(6-4-8)10(11)12;1-2-4-6-5-3-1;1-2/h2-6H,1,7H2,(H,11,12);1-6H2;2H,1H3. The molecule has 1 saturated carbocycles. The molecule has 2 N–H and O–H groups in total. The van der Waals surface area contributed by atoms with Gasteiger partial charge in [-0.15, -0.1) is 0 Å². The fraction of sp³-hybridized carbons (Fsp3) is 0.471. The summed E-state index contributed by atoms with van der Waals surface area (Å²) in [5.74, 6) is -0.920. The lowest BCUT2D eigenvalue weighted by Gasteiger charge is -2.05. The minimum atomic E-state index is -0.920. The maximum Gasteiger partial charge on any atom is 0.335 e. The Hall–Kier alpha value is -1.81. The summed E-state index contributed by atoms with van der Waals surface area (Å²) in [6, 6.07) is 6.52. The lowest BCUT2D eigenvalue weighted by atomic mass is 10.0. The SMILES string of the molecule is C1CCCCC1.C=COCc1ccc(C(=O)O)cc1.CO. The van der Waals surface area contributed by atoms with E-state index in [9.17, 15) is 4.79 Å². The number of aromatic carboxylic acids is 1. The van der Waals surface area contributed by atoms with E-state index in [0.717, 1.165) is 12.7 Å². The van der Waals surface area contributed by atoms with E-state index < -0.39 is 5.97 Å². The summed E-state index contributed by atoms with van der Waals surface area (Å²) < 4.78 is 4.94. The summed E-state index contributed by atoms with van der Waals surface area (Å²) >= 11 is 0. The zero-order chi connectivity index (χ0) is 15.9. The van der Waals surface area contributed by atoms with Crippen molar-refractivity contribution in [3.8, 4) is 0 Å². The van der Waals surface area contributed by atoms with Crippen LogP contribution in [0.3, 0.4) is 0 Å². The van der Waals surface area contributed by atoms with Gasteiger partial charge < -0.3 is 14.9 Å². The van der Waals surface area contributed by atoms with Crippen molar-refractivity contribution >= 4 is 5.97 Å². The molecule has 1 aromatic carbocycles. The third kappa shape index (κ3) is 9.68. The fourth-order valence-electron chi connectivity index (χ4n) is 1.96. The highest BCUT2D eigenvalue weighted by atomic mass is 16.5. The normalized spacial score (nSPS) is 12.9. The predicted molar refractivity (Wildman–Crippen MR) is 84.2 cm³/mol. The number of carboxylic acid groups (broad SMARTS) is 1. The van der Waals surface area contributed by atoms with Gasteiger partial charge in [-0.05, 0) is 17.7 Å². The molecule has 1 aliphatic rings. The van der Waals surface area contributed by atoms with Crippen LogP contribution in [-0.2, 0) is 11.3 Å². The van der Waals surface area contributed by atoms with Crippen molar-refractivity contribution in [1.82, 2.24) is 0 Å². The molecule has 0 heterocycles. The van der Waals surface area contributed by atoms with Crippen LogP contribution in [0.15, 0.2) is 37.1 Å². The summed E-state index contributed by atoms with van der Waals surface area (Å²) in [4.78, 5) is 10.5. The summed E-state index contributed by atoms with van der Waals surface area (Å²) in [6.45, 7) is 3.83. The highest BCUT2D eigenvalue weighted by Crippen LogP contribution is 2.15. The molecule has 1 fully saturated rings. The van der Waals surface area contributed by atoms with Crippen molar-refractivity contribution < 1.29 is 19.7 Å². The molecule has 0 aliphatic heterocycles. The van der Waals surface area contributed by atoms with Crippen LogP contribution < -0.4 is 0 Å². The molecule has 1 aliphatic carbocycles. The van der Waals surface area contributed by atoms with Crippen molar-refractivity contribution in [3.63, 3.8) is 0 Å². The highest BCUT2D eigenvalue weighted by molar-refractivity contribution is 5.87. The molecule has 0 atom stereocenters. The lowest BCUT2D eigenvalue weighted by molar-refractivity contribution is 0.0697. The quantitative estimate of drug-likeness (QED) is 0.824. The number of ether oxygens (including phenoxy) is 1. The van der Waals surface area contributed by atoms with Gasteiger partial charge in [0.25, 0.3) is 0 Å². The second-order valence-electron chi connectivity index (χ2n) is 4.60. The Morgan fingerprint density at radius 2 is 1.52 bits per heavy atom. The molecule has 0 spiro atoms. The van der Waals surface area contributed by atoms with Crippen molar-refractivity contribution in [2.75, 3.05) is 7.11 Å². The number of carboxylic acids is 1. The van der Waals surface area contributed by atoms with Gasteiger partial charge in [-0.3, -0.25) is 0 Å². The Balaban J connectivity index is 0.000000416. The summed E-state index contributed by atoms with van der Waals surface area (Å²) in [7, 11) is 1.00. The lowest BCUT2D eigenvalue weighted by Crippen LogP contribution is -1.96. The molecule has 0 radical (unpaired) electrons. The third-order valence-electron chi connectivity index (χ3n) is 3.07. The number of aliphatic hydroxyl groups is 1. The first-order valence-corrected chi connectivity index (χ1v) is 7.23. The zero-order valence-electron chi connectivity index (χ0n) is 12.8. The molecule has 21 heavy (non-hydrogen) atoms. The average molecular weight is 294 g/mol. The maximum atomic E-state index is 10.5. The van der Waals surface area contributed by atoms with Crippen LogP contribution in [0.2, 0.25) is 0 Å². The number of hydrogen-bond acceptors (Lipinski definition) is 3. The fourth-order valence-corrected chi connectivity index (χ4v) is 1.96. The Morgan fingerprint density at radius 1 is 1.10 bits per heavy atom. The zero-order valence-corrected chi connectivity index (χ0v) is 12.8. The van der Waals surface area contributed by atoms with E-state index in [4.69, 9.17) is 14.9 Å². The Bertz CT molecular complexity index is 369. The topological polar surface area (TPSA) is 66.8 Å². The third-order valence-corrected chi connectivity index (χ3v) is 3.07. The molecular formula is C17H26O4.